The number of phenolic OH excluding ortho intramolecular Hbond substituents is 1. The monoisotopic (exact) mass is 757 g/mol. The lowest BCUT2D eigenvalue weighted by molar-refractivity contribution is -0.136. The van der Waals surface area contributed by atoms with Gasteiger partial charge in [-0.25, -0.2) is 0 Å². The van der Waals surface area contributed by atoms with Crippen LogP contribution in [-0.4, -0.2) is 103 Å². The fourth-order valence-electron chi connectivity index (χ4n) is 10.8. The van der Waals surface area contributed by atoms with E-state index in [0.717, 1.165) is 82.1 Å². The summed E-state index contributed by atoms with van der Waals surface area (Å²) in [5.41, 5.74) is 7.67. The van der Waals surface area contributed by atoms with E-state index >= 15 is 0 Å². The number of hydrogen-bond acceptors (Lipinski definition) is 9. The summed E-state index contributed by atoms with van der Waals surface area (Å²) in [6.07, 6.45) is 9.46. The first-order chi connectivity index (χ1) is 27.2. The summed E-state index contributed by atoms with van der Waals surface area (Å²) >= 11 is 0. The van der Waals surface area contributed by atoms with Crippen LogP contribution in [0.1, 0.15) is 77.6 Å². The van der Waals surface area contributed by atoms with Crippen LogP contribution >= 0.6 is 0 Å². The first kappa shape index (κ1) is 35.5. The summed E-state index contributed by atoms with van der Waals surface area (Å²) in [5, 5.41) is 12.5. The summed E-state index contributed by atoms with van der Waals surface area (Å²) in [7, 11) is 0. The first-order valence-corrected chi connectivity index (χ1v) is 20.6. The summed E-state index contributed by atoms with van der Waals surface area (Å²) in [5.74, 6) is 1.50. The molecule has 2 N–H and O–H groups in total. The Morgan fingerprint density at radius 3 is 2.57 bits per heavy atom. The molecule has 3 aromatic carbocycles. The van der Waals surface area contributed by atoms with Crippen molar-refractivity contribution >= 4 is 29.1 Å². The zero-order valence-corrected chi connectivity index (χ0v) is 32.1. The smallest absolute Gasteiger partial charge is 0.255 e. The molecule has 5 atom stereocenters. The van der Waals surface area contributed by atoms with Crippen LogP contribution in [0.4, 0.5) is 11.4 Å². The van der Waals surface area contributed by atoms with Gasteiger partial charge < -0.3 is 29.3 Å². The normalized spacial score (nSPS) is 28.3. The van der Waals surface area contributed by atoms with E-state index in [1.54, 1.807) is 4.90 Å². The quantitative estimate of drug-likeness (QED) is 0.265. The van der Waals surface area contributed by atoms with Crippen LogP contribution in [0.15, 0.2) is 66.7 Å². The maximum Gasteiger partial charge on any atom is 0.255 e. The lowest BCUT2D eigenvalue weighted by atomic mass is 9.71. The van der Waals surface area contributed by atoms with Gasteiger partial charge in [0.15, 0.2) is 0 Å². The Hall–Kier alpha value is -4.87. The maximum absolute atomic E-state index is 13.4. The second-order valence-corrected chi connectivity index (χ2v) is 17.2. The Morgan fingerprint density at radius 1 is 0.929 bits per heavy atom. The Balaban J connectivity index is 0.721. The molecule has 0 saturated carbocycles. The fraction of sp³-hybridized carbons (Fsp3) is 0.489. The van der Waals surface area contributed by atoms with Gasteiger partial charge in [0.2, 0.25) is 11.8 Å². The lowest BCUT2D eigenvalue weighted by Gasteiger charge is -2.54. The molecule has 10 rings (SSSR count). The SMILES string of the molecule is C/C=C/[C@H]1CCc2cc(O)ccc2[C@H]1c1ccc(N2CC3(CCC(CN4CCN5c6cc7c(cc6OC[C@@H]5C4)C(=O)N(C4CCC(=O)NC4=O)C7)CO3)C2)cc1. The van der Waals surface area contributed by atoms with Gasteiger partial charge in [0.25, 0.3) is 5.91 Å². The van der Waals surface area contributed by atoms with E-state index in [0.29, 0.717) is 48.6 Å². The van der Waals surface area contributed by atoms with Gasteiger partial charge in [-0.1, -0.05) is 30.4 Å². The van der Waals surface area contributed by atoms with Gasteiger partial charge in [-0.2, -0.15) is 0 Å². The molecule has 3 aromatic rings. The van der Waals surface area contributed by atoms with Crippen molar-refractivity contribution in [3.8, 4) is 11.5 Å². The summed E-state index contributed by atoms with van der Waals surface area (Å²) in [4.78, 5) is 46.7. The minimum absolute atomic E-state index is 0.0500. The minimum atomic E-state index is -0.623. The molecule has 3 amide bonds. The van der Waals surface area contributed by atoms with Crippen molar-refractivity contribution in [2.45, 2.75) is 75.6 Å². The van der Waals surface area contributed by atoms with Gasteiger partial charge in [-0.3, -0.25) is 24.6 Å². The van der Waals surface area contributed by atoms with Crippen molar-refractivity contribution in [2.24, 2.45) is 11.8 Å². The fourth-order valence-corrected chi connectivity index (χ4v) is 10.8. The number of amides is 3. The number of nitrogens with one attached hydrogen (secondary N) is 1. The van der Waals surface area contributed by atoms with Gasteiger partial charge in [0, 0.05) is 69.4 Å². The van der Waals surface area contributed by atoms with E-state index < -0.39 is 11.9 Å². The number of imide groups is 1. The topological polar surface area (TPSA) is 115 Å². The third kappa shape index (κ3) is 6.23. The lowest BCUT2D eigenvalue weighted by Crippen LogP contribution is -2.65. The average molecular weight is 758 g/mol. The molecule has 11 nitrogen and oxygen atoms in total. The number of allylic oxidation sites excluding steroid dienone is 2. The number of aromatic hydroxyl groups is 1. The van der Waals surface area contributed by atoms with Crippen LogP contribution < -0.4 is 19.9 Å². The summed E-state index contributed by atoms with van der Waals surface area (Å²) < 4.78 is 13.0. The molecule has 6 heterocycles. The van der Waals surface area contributed by atoms with Crippen molar-refractivity contribution < 1.29 is 29.0 Å². The predicted octanol–water partition coefficient (Wildman–Crippen LogP) is 4.99. The first-order valence-electron chi connectivity index (χ1n) is 20.6. The molecule has 11 heteroatoms. The molecule has 1 spiro atoms. The van der Waals surface area contributed by atoms with Crippen LogP contribution in [0.3, 0.4) is 0 Å². The third-order valence-electron chi connectivity index (χ3n) is 13.7. The number of aryl methyl sites for hydroxylation is 1. The van der Waals surface area contributed by atoms with Crippen LogP contribution in [0.25, 0.3) is 0 Å². The highest BCUT2D eigenvalue weighted by Crippen LogP contribution is 2.45. The molecule has 4 saturated heterocycles. The number of hydrogen-bond donors (Lipinski definition) is 2. The second-order valence-electron chi connectivity index (χ2n) is 17.2. The highest BCUT2D eigenvalue weighted by molar-refractivity contribution is 6.06. The highest BCUT2D eigenvalue weighted by atomic mass is 16.5. The largest absolute Gasteiger partial charge is 0.508 e. The Labute approximate surface area is 328 Å². The molecule has 0 bridgehead atoms. The molecule has 56 heavy (non-hydrogen) atoms. The number of anilines is 2. The number of fused-ring (bicyclic) bond motifs is 5. The Kier molecular flexibility index (Phi) is 8.85. The van der Waals surface area contributed by atoms with Gasteiger partial charge in [-0.15, -0.1) is 0 Å². The number of piperazine rings is 1. The van der Waals surface area contributed by atoms with Crippen LogP contribution in [0, 0.1) is 11.8 Å². The number of ether oxygens (including phenoxy) is 2. The molecular formula is C45H51N5O6. The number of piperidine rings is 1. The molecule has 292 valence electrons. The van der Waals surface area contributed by atoms with Crippen LogP contribution in [0.5, 0.6) is 11.5 Å². The van der Waals surface area contributed by atoms with Gasteiger partial charge in [0.1, 0.15) is 29.7 Å². The number of phenols is 1. The molecular weight excluding hydrogens is 707 g/mol. The van der Waals surface area contributed by atoms with E-state index in [1.165, 1.54) is 28.8 Å². The third-order valence-corrected chi connectivity index (χ3v) is 13.7. The van der Waals surface area contributed by atoms with Gasteiger partial charge in [-0.05, 0) is 110 Å². The Morgan fingerprint density at radius 2 is 1.79 bits per heavy atom. The van der Waals surface area contributed by atoms with E-state index in [2.05, 4.69) is 75.5 Å². The van der Waals surface area contributed by atoms with E-state index in [4.69, 9.17) is 9.47 Å². The second kappa shape index (κ2) is 14.0. The zero-order chi connectivity index (χ0) is 38.1. The standard InChI is InChI=1S/C45H51N5O6/c1-2-3-29-4-5-31-18-35(51)10-11-36(31)42(29)30-6-8-33(9-7-30)48-26-45(27-48)15-14-28(24-56-45)21-47-16-17-49-34(23-47)25-55-40-20-37-32(19-39(40)49)22-50(44(37)54)38-12-13-41(52)46-43(38)53/h2-3,6-11,18-20,28-29,34,38,42,51H,4-5,12-17,21-27H2,1H3,(H,46,52,53)/b3-2+/t28?,29-,34-,38?,42+/m0/s1. The summed E-state index contributed by atoms with van der Waals surface area (Å²) in [6.45, 7) is 9.51. The van der Waals surface area contributed by atoms with Gasteiger partial charge >= 0.3 is 0 Å². The number of carbonyl (C=O) groups excluding carboxylic acids is 3. The molecule has 1 aliphatic carbocycles. The van der Waals surface area contributed by atoms with Crippen LogP contribution in [-0.2, 0) is 27.3 Å². The summed E-state index contributed by atoms with van der Waals surface area (Å²) in [6, 6.07) is 18.6. The van der Waals surface area contributed by atoms with Crippen molar-refractivity contribution in [3.05, 3.63) is 94.6 Å². The molecule has 7 aliphatic rings. The number of carbonyl (C=O) groups is 3. The molecule has 4 fully saturated rings. The molecule has 0 aromatic heterocycles. The van der Waals surface area contributed by atoms with Crippen molar-refractivity contribution in [1.29, 1.82) is 0 Å². The predicted molar refractivity (Wildman–Crippen MR) is 212 cm³/mol. The molecule has 6 aliphatic heterocycles. The van der Waals surface area contributed by atoms with Gasteiger partial charge in [0.05, 0.1) is 18.3 Å². The minimum Gasteiger partial charge on any atom is -0.508 e. The van der Waals surface area contributed by atoms with Crippen molar-refractivity contribution in [1.82, 2.24) is 15.1 Å². The number of rotatable bonds is 6. The van der Waals surface area contributed by atoms with E-state index in [1.807, 2.05) is 18.2 Å². The highest BCUT2D eigenvalue weighted by Gasteiger charge is 2.47. The average Bonchev–Trinajstić information content (AvgIpc) is 3.51. The van der Waals surface area contributed by atoms with Crippen LogP contribution in [0.2, 0.25) is 0 Å². The molecule has 2 unspecified atom stereocenters. The van der Waals surface area contributed by atoms with E-state index in [-0.39, 0.29) is 29.9 Å². The maximum atomic E-state index is 13.4. The zero-order valence-electron chi connectivity index (χ0n) is 32.1. The van der Waals surface area contributed by atoms with Crippen molar-refractivity contribution in [2.75, 3.05) is 62.3 Å². The van der Waals surface area contributed by atoms with E-state index in [9.17, 15) is 19.5 Å². The molecule has 0 radical (unpaired) electrons. The number of benzene rings is 3. The van der Waals surface area contributed by atoms with Crippen molar-refractivity contribution in [3.63, 3.8) is 0 Å². The number of nitrogens with zero attached hydrogens (tertiary/aromatic N) is 4. The Bertz CT molecular complexity index is 2080.